The maximum atomic E-state index is 12.6. The summed E-state index contributed by atoms with van der Waals surface area (Å²) in [5, 5.41) is 2.84. The number of benzene rings is 3. The number of rotatable bonds is 11. The van der Waals surface area contributed by atoms with Crippen LogP contribution >= 0.6 is 0 Å². The van der Waals surface area contributed by atoms with Gasteiger partial charge in [0.2, 0.25) is 10.0 Å². The lowest BCUT2D eigenvalue weighted by molar-refractivity contribution is 0.102. The first-order chi connectivity index (χ1) is 16.9. The minimum absolute atomic E-state index is 0.148. The van der Waals surface area contributed by atoms with Crippen LogP contribution in [0.5, 0.6) is 0 Å². The number of carbonyl (C=O) groups is 1. The normalized spacial score (nSPS) is 11.6. The number of oxazole rings is 1. The molecule has 182 valence electrons. The Bertz CT molecular complexity index is 1380. The average Bonchev–Trinajstić information content (AvgIpc) is 3.27. The fraction of sp³-hybridized carbons (Fsp3) is 0.259. The predicted molar refractivity (Wildman–Crippen MR) is 137 cm³/mol. The van der Waals surface area contributed by atoms with Crippen LogP contribution in [0.25, 0.3) is 11.1 Å². The second kappa shape index (κ2) is 11.3. The highest BCUT2D eigenvalue weighted by Crippen LogP contribution is 2.19. The number of anilines is 1. The Labute approximate surface area is 205 Å². The molecule has 35 heavy (non-hydrogen) atoms. The Hall–Kier alpha value is -3.49. The van der Waals surface area contributed by atoms with Crippen LogP contribution in [-0.4, -0.2) is 25.9 Å². The standard InChI is InChI=1S/C27H29N3O4S/c1-2-3-5-8-20-11-14-23(15-12-20)35(32,33)28-18-17-26-30-24-19-21(13-16-25(24)34-26)27(31)29-22-9-6-4-7-10-22/h4,6-7,9-16,19,28H,2-3,5,8,17-18H2,1H3,(H,29,31). The van der Waals surface area contributed by atoms with E-state index in [4.69, 9.17) is 4.42 Å². The number of carbonyl (C=O) groups excluding carboxylic acids is 1. The van der Waals surface area contributed by atoms with Gasteiger partial charge in [0, 0.05) is 24.2 Å². The van der Waals surface area contributed by atoms with E-state index in [1.165, 1.54) is 6.42 Å². The van der Waals surface area contributed by atoms with Crippen molar-refractivity contribution in [2.45, 2.75) is 43.9 Å². The summed E-state index contributed by atoms with van der Waals surface area (Å²) in [6, 6.07) is 21.3. The third-order valence-corrected chi connectivity index (χ3v) is 7.14. The lowest BCUT2D eigenvalue weighted by atomic mass is 10.1. The third-order valence-electron chi connectivity index (χ3n) is 5.66. The summed E-state index contributed by atoms with van der Waals surface area (Å²) in [6.07, 6.45) is 4.66. The molecule has 2 N–H and O–H groups in total. The van der Waals surface area contributed by atoms with E-state index in [-0.39, 0.29) is 23.8 Å². The van der Waals surface area contributed by atoms with Crippen LogP contribution in [0.15, 0.2) is 82.1 Å². The SMILES string of the molecule is CCCCCc1ccc(S(=O)(=O)NCCc2nc3cc(C(=O)Nc4ccccc4)ccc3o2)cc1. The number of fused-ring (bicyclic) bond motifs is 1. The van der Waals surface area contributed by atoms with Crippen molar-refractivity contribution in [1.29, 1.82) is 0 Å². The van der Waals surface area contributed by atoms with Crippen LogP contribution in [0.3, 0.4) is 0 Å². The molecule has 1 heterocycles. The molecule has 0 unspecified atom stereocenters. The Morgan fingerprint density at radius 1 is 0.943 bits per heavy atom. The number of sulfonamides is 1. The monoisotopic (exact) mass is 491 g/mol. The van der Waals surface area contributed by atoms with Gasteiger partial charge in [-0.05, 0) is 60.9 Å². The summed E-state index contributed by atoms with van der Waals surface area (Å²) in [7, 11) is -3.62. The third kappa shape index (κ3) is 6.55. The molecule has 0 aliphatic rings. The van der Waals surface area contributed by atoms with Gasteiger partial charge in [0.1, 0.15) is 5.52 Å². The van der Waals surface area contributed by atoms with Crippen molar-refractivity contribution in [3.63, 3.8) is 0 Å². The molecular weight excluding hydrogens is 462 g/mol. The van der Waals surface area contributed by atoms with E-state index in [1.54, 1.807) is 30.3 Å². The molecular formula is C27H29N3O4S. The zero-order valence-electron chi connectivity index (χ0n) is 19.7. The van der Waals surface area contributed by atoms with E-state index in [2.05, 4.69) is 21.9 Å². The molecule has 0 radical (unpaired) electrons. The molecule has 1 aromatic heterocycles. The van der Waals surface area contributed by atoms with E-state index in [0.29, 0.717) is 28.2 Å². The lowest BCUT2D eigenvalue weighted by Gasteiger charge is -2.07. The van der Waals surface area contributed by atoms with Gasteiger partial charge in [0.05, 0.1) is 4.90 Å². The molecule has 7 nitrogen and oxygen atoms in total. The zero-order valence-corrected chi connectivity index (χ0v) is 20.5. The topological polar surface area (TPSA) is 101 Å². The Morgan fingerprint density at radius 2 is 1.71 bits per heavy atom. The van der Waals surface area contributed by atoms with E-state index < -0.39 is 10.0 Å². The number of amides is 1. The second-order valence-corrected chi connectivity index (χ2v) is 10.1. The Balaban J connectivity index is 1.34. The van der Waals surface area contributed by atoms with Crippen molar-refractivity contribution in [2.24, 2.45) is 0 Å². The fourth-order valence-electron chi connectivity index (χ4n) is 3.74. The van der Waals surface area contributed by atoms with Gasteiger partial charge in [-0.3, -0.25) is 4.79 Å². The number of nitrogens with one attached hydrogen (secondary N) is 2. The number of aromatic nitrogens is 1. The molecule has 0 atom stereocenters. The molecule has 4 aromatic rings. The summed E-state index contributed by atoms with van der Waals surface area (Å²) in [4.78, 5) is 17.2. The number of nitrogens with zero attached hydrogens (tertiary/aromatic N) is 1. The van der Waals surface area contributed by atoms with Crippen LogP contribution in [-0.2, 0) is 22.9 Å². The molecule has 0 fully saturated rings. The van der Waals surface area contributed by atoms with Crippen LogP contribution < -0.4 is 10.0 Å². The predicted octanol–water partition coefficient (Wildman–Crippen LogP) is 5.33. The van der Waals surface area contributed by atoms with Crippen LogP contribution in [0.1, 0.15) is 48.0 Å². The fourth-order valence-corrected chi connectivity index (χ4v) is 4.77. The van der Waals surface area contributed by atoms with Crippen LogP contribution in [0.2, 0.25) is 0 Å². The van der Waals surface area contributed by atoms with Gasteiger partial charge in [-0.1, -0.05) is 50.1 Å². The van der Waals surface area contributed by atoms with Crippen molar-refractivity contribution < 1.29 is 17.6 Å². The van der Waals surface area contributed by atoms with E-state index in [9.17, 15) is 13.2 Å². The van der Waals surface area contributed by atoms with Crippen molar-refractivity contribution >= 4 is 32.7 Å². The summed E-state index contributed by atoms with van der Waals surface area (Å²) in [5.74, 6) is 0.154. The maximum Gasteiger partial charge on any atom is 0.255 e. The highest BCUT2D eigenvalue weighted by Gasteiger charge is 2.15. The molecule has 0 saturated carbocycles. The number of para-hydroxylation sites is 1. The molecule has 0 saturated heterocycles. The lowest BCUT2D eigenvalue weighted by Crippen LogP contribution is -2.26. The molecule has 4 rings (SSSR count). The Kier molecular flexibility index (Phi) is 7.94. The second-order valence-electron chi connectivity index (χ2n) is 8.36. The van der Waals surface area contributed by atoms with E-state index in [1.807, 2.05) is 42.5 Å². The zero-order chi connectivity index (χ0) is 24.7. The summed E-state index contributed by atoms with van der Waals surface area (Å²) in [5.41, 5.74) is 3.39. The van der Waals surface area contributed by atoms with Gasteiger partial charge in [-0.15, -0.1) is 0 Å². The van der Waals surface area contributed by atoms with Crippen LogP contribution in [0, 0.1) is 0 Å². The summed E-state index contributed by atoms with van der Waals surface area (Å²) in [6.45, 7) is 2.31. The van der Waals surface area contributed by atoms with E-state index in [0.717, 1.165) is 24.8 Å². The smallest absolute Gasteiger partial charge is 0.255 e. The average molecular weight is 492 g/mol. The summed E-state index contributed by atoms with van der Waals surface area (Å²) < 4.78 is 33.6. The van der Waals surface area contributed by atoms with Crippen molar-refractivity contribution in [3.05, 3.63) is 89.8 Å². The van der Waals surface area contributed by atoms with Crippen molar-refractivity contribution in [3.8, 4) is 0 Å². The van der Waals surface area contributed by atoms with Gasteiger partial charge < -0.3 is 9.73 Å². The Morgan fingerprint density at radius 3 is 2.46 bits per heavy atom. The molecule has 0 bridgehead atoms. The maximum absolute atomic E-state index is 12.6. The first-order valence-corrected chi connectivity index (χ1v) is 13.3. The molecule has 0 aliphatic carbocycles. The first-order valence-electron chi connectivity index (χ1n) is 11.8. The number of hydrogen-bond acceptors (Lipinski definition) is 5. The molecule has 0 aliphatic heterocycles. The molecule has 8 heteroatoms. The number of hydrogen-bond donors (Lipinski definition) is 2. The van der Waals surface area contributed by atoms with E-state index >= 15 is 0 Å². The van der Waals surface area contributed by atoms with Gasteiger partial charge in [-0.2, -0.15) is 0 Å². The van der Waals surface area contributed by atoms with Crippen molar-refractivity contribution in [1.82, 2.24) is 9.71 Å². The minimum Gasteiger partial charge on any atom is -0.441 e. The summed E-state index contributed by atoms with van der Waals surface area (Å²) >= 11 is 0. The quantitative estimate of drug-likeness (QED) is 0.276. The molecule has 0 spiro atoms. The first kappa shape index (κ1) is 24.6. The number of unbranched alkanes of at least 4 members (excludes halogenated alkanes) is 2. The van der Waals surface area contributed by atoms with Gasteiger partial charge in [-0.25, -0.2) is 18.1 Å². The highest BCUT2D eigenvalue weighted by atomic mass is 32.2. The number of aryl methyl sites for hydroxylation is 1. The minimum atomic E-state index is -3.62. The van der Waals surface area contributed by atoms with Gasteiger partial charge >= 0.3 is 0 Å². The highest BCUT2D eigenvalue weighted by molar-refractivity contribution is 7.89. The van der Waals surface area contributed by atoms with Gasteiger partial charge in [0.15, 0.2) is 11.5 Å². The van der Waals surface area contributed by atoms with Gasteiger partial charge in [0.25, 0.3) is 5.91 Å². The molecule has 3 aromatic carbocycles. The van der Waals surface area contributed by atoms with Crippen molar-refractivity contribution in [2.75, 3.05) is 11.9 Å². The largest absolute Gasteiger partial charge is 0.441 e. The van der Waals surface area contributed by atoms with Crippen LogP contribution in [0.4, 0.5) is 5.69 Å². The molecule has 1 amide bonds.